The first-order valence-corrected chi connectivity index (χ1v) is 14.5. The molecule has 2 N–H and O–H groups in total. The van der Waals surface area contributed by atoms with E-state index in [1.807, 2.05) is 78.5 Å². The molecule has 2 aromatic carbocycles. The maximum atomic E-state index is 13.2. The Bertz CT molecular complexity index is 1410. The second-order valence-electron chi connectivity index (χ2n) is 10.2. The summed E-state index contributed by atoms with van der Waals surface area (Å²) < 4.78 is 12.9. The maximum absolute atomic E-state index is 13.2. The van der Waals surface area contributed by atoms with Crippen molar-refractivity contribution in [2.24, 2.45) is 5.92 Å². The van der Waals surface area contributed by atoms with Gasteiger partial charge in [-0.15, -0.1) is 23.2 Å². The number of rotatable bonds is 10. The zero-order chi connectivity index (χ0) is 29.1. The average molecular weight is 600 g/mol. The molecule has 2 aromatic rings. The molecular weight excluding hydrogens is 567 g/mol. The number of nitrogens with one attached hydrogen (secondary N) is 2. The number of likely N-dealkylation sites (N-methyl/N-ethyl adjacent to an activating group) is 2. The minimum atomic E-state index is -1.05. The van der Waals surface area contributed by atoms with Gasteiger partial charge in [-0.1, -0.05) is 24.3 Å². The number of hydrogen-bond acceptors (Lipinski definition) is 7. The number of anilines is 1. The summed E-state index contributed by atoms with van der Waals surface area (Å²) in [5, 5.41) is 5.56. The first kappa shape index (κ1) is 28.8. The van der Waals surface area contributed by atoms with Gasteiger partial charge in [0.1, 0.15) is 23.6 Å². The lowest BCUT2D eigenvalue weighted by molar-refractivity contribution is -0.119. The van der Waals surface area contributed by atoms with Gasteiger partial charge in [-0.2, -0.15) is 0 Å². The van der Waals surface area contributed by atoms with Crippen LogP contribution in [0, 0.1) is 5.92 Å². The lowest BCUT2D eigenvalue weighted by Gasteiger charge is -2.45. The van der Waals surface area contributed by atoms with Gasteiger partial charge >= 0.3 is 5.97 Å². The van der Waals surface area contributed by atoms with E-state index in [1.54, 1.807) is 6.07 Å². The molecule has 11 heteroatoms. The van der Waals surface area contributed by atoms with Crippen LogP contribution in [-0.4, -0.2) is 80.8 Å². The lowest BCUT2D eigenvalue weighted by Crippen LogP contribution is -2.49. The standard InChI is InChI=1S/C30H32Cl2N4O5/c1-35(13-11-33-27(37)17-31)19-7-9-23-25(15-19)40-26-16-20(36(2)14-12-34-28(38)18-32)8-10-24(26)30(23)22-6-4-3-5-21(22)29(39)41-30/h3-10,15-16,23,25H,11-14,17-18H2,1-2H3,(H,33,37)(H,34,38). The molecule has 2 heterocycles. The van der Waals surface area contributed by atoms with E-state index in [-0.39, 0.29) is 35.5 Å². The fourth-order valence-corrected chi connectivity index (χ4v) is 5.80. The molecule has 3 unspecified atom stereocenters. The largest absolute Gasteiger partial charge is 0.485 e. The summed E-state index contributed by atoms with van der Waals surface area (Å²) in [4.78, 5) is 40.3. The van der Waals surface area contributed by atoms with E-state index in [1.165, 1.54) is 0 Å². The number of carbonyl (C=O) groups is 3. The van der Waals surface area contributed by atoms with Crippen molar-refractivity contribution in [3.05, 3.63) is 83.1 Å². The van der Waals surface area contributed by atoms with Crippen molar-refractivity contribution in [2.75, 3.05) is 56.9 Å². The van der Waals surface area contributed by atoms with Crippen molar-refractivity contribution in [3.8, 4) is 5.75 Å². The fraction of sp³-hybridized carbons (Fsp3) is 0.367. The molecule has 3 atom stereocenters. The summed E-state index contributed by atoms with van der Waals surface area (Å²) in [5.41, 5.74) is 2.90. The molecule has 9 nitrogen and oxygen atoms in total. The Morgan fingerprint density at radius 3 is 2.34 bits per heavy atom. The molecule has 0 radical (unpaired) electrons. The molecule has 2 aliphatic heterocycles. The normalized spacial score (nSPS) is 21.6. The van der Waals surface area contributed by atoms with Gasteiger partial charge in [0, 0.05) is 68.9 Å². The molecule has 1 aliphatic carbocycles. The van der Waals surface area contributed by atoms with E-state index in [0.29, 0.717) is 37.5 Å². The molecule has 3 aliphatic rings. The quantitative estimate of drug-likeness (QED) is 0.320. The van der Waals surface area contributed by atoms with E-state index < -0.39 is 11.7 Å². The highest BCUT2D eigenvalue weighted by Gasteiger charge is 2.58. The maximum Gasteiger partial charge on any atom is 0.339 e. The number of fused-ring (bicyclic) bond motifs is 6. The number of ether oxygens (including phenoxy) is 2. The number of amides is 2. The van der Waals surface area contributed by atoms with E-state index >= 15 is 0 Å². The van der Waals surface area contributed by atoms with Crippen molar-refractivity contribution in [1.82, 2.24) is 15.5 Å². The SMILES string of the molecule is CN(CCNC(=O)CCl)C1=CC2Oc3cc(N(C)CCNC(=O)CCl)ccc3C3(OC(=O)c4ccccc43)C2C=C1. The van der Waals surface area contributed by atoms with Gasteiger partial charge in [0.05, 0.1) is 11.5 Å². The highest BCUT2D eigenvalue weighted by Crippen LogP contribution is 2.56. The highest BCUT2D eigenvalue weighted by molar-refractivity contribution is 6.27. The number of benzene rings is 2. The van der Waals surface area contributed by atoms with Crippen LogP contribution in [0.5, 0.6) is 5.75 Å². The molecule has 0 bridgehead atoms. The summed E-state index contributed by atoms with van der Waals surface area (Å²) in [6, 6.07) is 13.4. The van der Waals surface area contributed by atoms with Crippen LogP contribution in [-0.2, 0) is 19.9 Å². The summed E-state index contributed by atoms with van der Waals surface area (Å²) >= 11 is 11.2. The number of hydrogen-bond donors (Lipinski definition) is 2. The van der Waals surface area contributed by atoms with Crippen LogP contribution in [0.2, 0.25) is 0 Å². The summed E-state index contributed by atoms with van der Waals surface area (Å²) in [5.74, 6) is -0.640. The van der Waals surface area contributed by atoms with Crippen molar-refractivity contribution < 1.29 is 23.9 Å². The Balaban J connectivity index is 1.48. The topological polar surface area (TPSA) is 100 Å². The first-order chi connectivity index (χ1) is 19.8. The molecule has 5 rings (SSSR count). The van der Waals surface area contributed by atoms with Crippen molar-refractivity contribution in [3.63, 3.8) is 0 Å². The minimum Gasteiger partial charge on any atom is -0.485 e. The van der Waals surface area contributed by atoms with Crippen molar-refractivity contribution in [2.45, 2.75) is 11.7 Å². The average Bonchev–Trinajstić information content (AvgIpc) is 3.28. The Hall–Kier alpha value is -3.69. The third-order valence-electron chi connectivity index (χ3n) is 7.72. The molecular formula is C30H32Cl2N4O5. The van der Waals surface area contributed by atoms with Gasteiger partial charge in [0.15, 0.2) is 5.60 Å². The smallest absolute Gasteiger partial charge is 0.339 e. The van der Waals surface area contributed by atoms with E-state index in [0.717, 1.165) is 22.5 Å². The number of alkyl halides is 2. The number of halogens is 2. The second-order valence-corrected chi connectivity index (χ2v) is 10.8. The summed E-state index contributed by atoms with van der Waals surface area (Å²) in [6.45, 7) is 2.02. The highest BCUT2D eigenvalue weighted by atomic mass is 35.5. The molecule has 0 fully saturated rings. The third kappa shape index (κ3) is 5.48. The van der Waals surface area contributed by atoms with E-state index in [9.17, 15) is 14.4 Å². The van der Waals surface area contributed by atoms with Crippen LogP contribution in [0.25, 0.3) is 0 Å². The van der Waals surface area contributed by atoms with Crippen LogP contribution in [0.4, 0.5) is 5.69 Å². The first-order valence-electron chi connectivity index (χ1n) is 13.4. The van der Waals surface area contributed by atoms with Crippen molar-refractivity contribution >= 4 is 46.7 Å². The Morgan fingerprint density at radius 1 is 0.951 bits per heavy atom. The number of carbonyl (C=O) groups excluding carboxylic acids is 3. The Labute approximate surface area is 249 Å². The van der Waals surface area contributed by atoms with Crippen LogP contribution >= 0.6 is 23.2 Å². The van der Waals surface area contributed by atoms with Crippen LogP contribution in [0.3, 0.4) is 0 Å². The monoisotopic (exact) mass is 598 g/mol. The van der Waals surface area contributed by atoms with Gasteiger partial charge in [0.2, 0.25) is 11.8 Å². The van der Waals surface area contributed by atoms with E-state index in [4.69, 9.17) is 32.7 Å². The van der Waals surface area contributed by atoms with E-state index in [2.05, 4.69) is 10.6 Å². The van der Waals surface area contributed by atoms with Crippen LogP contribution < -0.4 is 20.3 Å². The van der Waals surface area contributed by atoms with Gasteiger partial charge in [-0.05, 0) is 30.4 Å². The Morgan fingerprint density at radius 2 is 1.63 bits per heavy atom. The third-order valence-corrected chi connectivity index (χ3v) is 8.21. The number of esters is 1. The van der Waals surface area contributed by atoms with Crippen LogP contribution in [0.1, 0.15) is 21.5 Å². The van der Waals surface area contributed by atoms with Gasteiger partial charge < -0.3 is 29.9 Å². The molecule has 2 amide bonds. The number of nitrogens with zero attached hydrogens (tertiary/aromatic N) is 2. The molecule has 1 spiro atoms. The van der Waals surface area contributed by atoms with Crippen molar-refractivity contribution in [1.29, 1.82) is 0 Å². The Kier molecular flexibility index (Phi) is 8.47. The predicted octanol–water partition coefficient (Wildman–Crippen LogP) is 3.01. The molecule has 0 aromatic heterocycles. The van der Waals surface area contributed by atoms with Gasteiger partial charge in [-0.25, -0.2) is 4.79 Å². The fourth-order valence-electron chi connectivity index (χ4n) is 5.61. The molecule has 0 saturated heterocycles. The van der Waals surface area contributed by atoms with Gasteiger partial charge in [0.25, 0.3) is 0 Å². The number of allylic oxidation sites excluding steroid dienone is 1. The molecule has 0 saturated carbocycles. The summed E-state index contributed by atoms with van der Waals surface area (Å²) in [6.07, 6.45) is 5.66. The minimum absolute atomic E-state index is 0.0785. The molecule has 41 heavy (non-hydrogen) atoms. The molecule has 216 valence electrons. The zero-order valence-electron chi connectivity index (χ0n) is 22.9. The second kappa shape index (κ2) is 12.0. The van der Waals surface area contributed by atoms with Crippen LogP contribution in [0.15, 0.2) is 66.4 Å². The lowest BCUT2D eigenvalue weighted by atomic mass is 9.70. The zero-order valence-corrected chi connectivity index (χ0v) is 24.4. The predicted molar refractivity (Wildman–Crippen MR) is 158 cm³/mol. The van der Waals surface area contributed by atoms with Gasteiger partial charge in [-0.3, -0.25) is 9.59 Å². The summed E-state index contributed by atoms with van der Waals surface area (Å²) in [7, 11) is 3.87.